The van der Waals surface area contributed by atoms with Crippen molar-refractivity contribution in [3.63, 3.8) is 0 Å². The summed E-state index contributed by atoms with van der Waals surface area (Å²) in [4.78, 5) is 13.6. The Kier molecular flexibility index (Phi) is 5.10. The van der Waals surface area contributed by atoms with E-state index in [0.717, 1.165) is 11.3 Å². The Bertz CT molecular complexity index is 677. The van der Waals surface area contributed by atoms with Crippen molar-refractivity contribution in [1.82, 2.24) is 4.90 Å². The molecule has 1 aromatic heterocycles. The number of hydrogen-bond acceptors (Lipinski definition) is 2. The van der Waals surface area contributed by atoms with Crippen LogP contribution in [0.3, 0.4) is 0 Å². The van der Waals surface area contributed by atoms with Gasteiger partial charge in [0.2, 0.25) is 5.91 Å². The molecule has 0 fully saturated rings. The highest BCUT2D eigenvalue weighted by Gasteiger charge is 2.10. The van der Waals surface area contributed by atoms with Crippen LogP contribution in [0.15, 0.2) is 40.8 Å². The van der Waals surface area contributed by atoms with Crippen LogP contribution in [0.4, 0.5) is 0 Å². The number of aryl methyl sites for hydroxylation is 1. The summed E-state index contributed by atoms with van der Waals surface area (Å²) >= 11 is 12.1. The summed E-state index contributed by atoms with van der Waals surface area (Å²) in [5.74, 6) is 1.32. The van der Waals surface area contributed by atoms with Gasteiger partial charge in [0.15, 0.2) is 0 Å². The van der Waals surface area contributed by atoms with Crippen LogP contribution in [0.25, 0.3) is 6.08 Å². The normalized spacial score (nSPS) is 11.0. The second kappa shape index (κ2) is 6.83. The predicted molar refractivity (Wildman–Crippen MR) is 85.4 cm³/mol. The molecule has 0 saturated carbocycles. The molecule has 3 nitrogen and oxygen atoms in total. The Morgan fingerprint density at radius 2 is 2.05 bits per heavy atom. The van der Waals surface area contributed by atoms with Crippen LogP contribution in [-0.2, 0) is 11.3 Å². The van der Waals surface area contributed by atoms with Gasteiger partial charge >= 0.3 is 0 Å². The van der Waals surface area contributed by atoms with E-state index in [-0.39, 0.29) is 5.91 Å². The van der Waals surface area contributed by atoms with Gasteiger partial charge in [-0.25, -0.2) is 0 Å². The van der Waals surface area contributed by atoms with Crippen molar-refractivity contribution in [2.75, 3.05) is 7.05 Å². The van der Waals surface area contributed by atoms with E-state index in [9.17, 15) is 4.79 Å². The molecule has 0 unspecified atom stereocenters. The lowest BCUT2D eigenvalue weighted by molar-refractivity contribution is -0.125. The number of furan rings is 1. The molecule has 0 radical (unpaired) electrons. The van der Waals surface area contributed by atoms with Crippen LogP contribution in [0.5, 0.6) is 0 Å². The van der Waals surface area contributed by atoms with Gasteiger partial charge in [0, 0.05) is 19.7 Å². The minimum absolute atomic E-state index is 0.139. The van der Waals surface area contributed by atoms with E-state index < -0.39 is 0 Å². The molecule has 0 N–H and O–H groups in total. The van der Waals surface area contributed by atoms with Crippen LogP contribution in [0, 0.1) is 6.92 Å². The van der Waals surface area contributed by atoms with E-state index >= 15 is 0 Å². The van der Waals surface area contributed by atoms with E-state index in [4.69, 9.17) is 27.6 Å². The van der Waals surface area contributed by atoms with Crippen LogP contribution in [-0.4, -0.2) is 17.9 Å². The van der Waals surface area contributed by atoms with Crippen LogP contribution >= 0.6 is 23.2 Å². The first-order chi connectivity index (χ1) is 9.97. The molecule has 0 aliphatic rings. The first-order valence-corrected chi connectivity index (χ1v) is 7.15. The fourth-order valence-corrected chi connectivity index (χ4v) is 2.21. The fourth-order valence-electron chi connectivity index (χ4n) is 1.83. The average molecular weight is 324 g/mol. The molecule has 0 spiro atoms. The third-order valence-electron chi connectivity index (χ3n) is 2.97. The van der Waals surface area contributed by atoms with Crippen molar-refractivity contribution < 1.29 is 9.21 Å². The van der Waals surface area contributed by atoms with Crippen molar-refractivity contribution in [1.29, 1.82) is 0 Å². The van der Waals surface area contributed by atoms with Gasteiger partial charge in [-0.15, -0.1) is 0 Å². The lowest BCUT2D eigenvalue weighted by atomic mass is 10.2. The molecule has 2 rings (SSSR count). The van der Waals surface area contributed by atoms with Crippen molar-refractivity contribution >= 4 is 35.2 Å². The Morgan fingerprint density at radius 1 is 1.29 bits per heavy atom. The molecule has 21 heavy (non-hydrogen) atoms. The molecular formula is C16H15Cl2NO2. The summed E-state index contributed by atoms with van der Waals surface area (Å²) in [6, 6.07) is 9.03. The van der Waals surface area contributed by atoms with Gasteiger partial charge in [0.05, 0.1) is 10.0 Å². The molecular weight excluding hydrogens is 309 g/mol. The molecule has 1 aromatic carbocycles. The number of likely N-dealkylation sites (N-methyl/N-ethyl adjacent to an activating group) is 1. The highest BCUT2D eigenvalue weighted by molar-refractivity contribution is 6.42. The summed E-state index contributed by atoms with van der Waals surface area (Å²) in [6.07, 6.45) is 3.11. The maximum atomic E-state index is 12.0. The average Bonchev–Trinajstić information content (AvgIpc) is 2.87. The Balaban J connectivity index is 2.02. The maximum absolute atomic E-state index is 12.0. The number of carbonyl (C=O) groups is 1. The number of nitrogens with zero attached hydrogens (tertiary/aromatic N) is 1. The summed E-state index contributed by atoms with van der Waals surface area (Å²) in [5, 5.41) is 0.959. The molecule has 5 heteroatoms. The van der Waals surface area contributed by atoms with Gasteiger partial charge < -0.3 is 9.32 Å². The lowest BCUT2D eigenvalue weighted by Crippen LogP contribution is -2.24. The summed E-state index contributed by atoms with van der Waals surface area (Å²) < 4.78 is 5.37. The van der Waals surface area contributed by atoms with Crippen molar-refractivity contribution in [2.24, 2.45) is 0 Å². The predicted octanol–water partition coefficient (Wildman–Crippen LogP) is 4.57. The van der Waals surface area contributed by atoms with Crippen LogP contribution in [0.2, 0.25) is 10.0 Å². The van der Waals surface area contributed by atoms with Gasteiger partial charge in [-0.05, 0) is 36.8 Å². The van der Waals surface area contributed by atoms with Crippen LogP contribution < -0.4 is 0 Å². The zero-order valence-electron chi connectivity index (χ0n) is 11.8. The number of hydrogen-bond donors (Lipinski definition) is 0. The van der Waals surface area contributed by atoms with Gasteiger partial charge in [-0.3, -0.25) is 4.79 Å². The SMILES string of the molecule is Cc1ccc(/C=C/C(=O)N(C)Cc2cccc(Cl)c2Cl)o1. The molecule has 1 heterocycles. The fraction of sp³-hybridized carbons (Fsp3) is 0.188. The minimum Gasteiger partial charge on any atom is -0.462 e. The van der Waals surface area contributed by atoms with E-state index in [2.05, 4.69) is 0 Å². The first kappa shape index (κ1) is 15.7. The maximum Gasteiger partial charge on any atom is 0.246 e. The number of amides is 1. The molecule has 0 bridgehead atoms. The molecule has 2 aromatic rings. The smallest absolute Gasteiger partial charge is 0.246 e. The molecule has 1 amide bonds. The van der Waals surface area contributed by atoms with Gasteiger partial charge in [0.1, 0.15) is 11.5 Å². The van der Waals surface area contributed by atoms with E-state index in [0.29, 0.717) is 22.4 Å². The van der Waals surface area contributed by atoms with Gasteiger partial charge in [0.25, 0.3) is 0 Å². The topological polar surface area (TPSA) is 33.5 Å². The van der Waals surface area contributed by atoms with E-state index in [1.54, 1.807) is 24.1 Å². The monoisotopic (exact) mass is 323 g/mol. The molecule has 0 atom stereocenters. The third-order valence-corrected chi connectivity index (χ3v) is 3.82. The van der Waals surface area contributed by atoms with Crippen molar-refractivity contribution in [2.45, 2.75) is 13.5 Å². The largest absolute Gasteiger partial charge is 0.462 e. The van der Waals surface area contributed by atoms with Gasteiger partial charge in [-0.1, -0.05) is 35.3 Å². The van der Waals surface area contributed by atoms with Crippen molar-refractivity contribution in [3.8, 4) is 0 Å². The Morgan fingerprint density at radius 3 is 2.71 bits per heavy atom. The Hall–Kier alpha value is -1.71. The highest BCUT2D eigenvalue weighted by Crippen LogP contribution is 2.26. The van der Waals surface area contributed by atoms with Crippen LogP contribution in [0.1, 0.15) is 17.1 Å². The number of rotatable bonds is 4. The number of benzene rings is 1. The zero-order chi connectivity index (χ0) is 15.4. The third kappa shape index (κ3) is 4.13. The quantitative estimate of drug-likeness (QED) is 0.772. The number of halogens is 2. The molecule has 0 saturated heterocycles. The highest BCUT2D eigenvalue weighted by atomic mass is 35.5. The summed E-state index contributed by atoms with van der Waals surface area (Å²) in [5.41, 5.74) is 0.808. The lowest BCUT2D eigenvalue weighted by Gasteiger charge is -2.16. The minimum atomic E-state index is -0.139. The van der Waals surface area contributed by atoms with Crippen molar-refractivity contribution in [3.05, 3.63) is 63.5 Å². The molecule has 110 valence electrons. The Labute approximate surface area is 133 Å². The van der Waals surface area contributed by atoms with E-state index in [1.165, 1.54) is 6.08 Å². The molecule has 0 aliphatic carbocycles. The summed E-state index contributed by atoms with van der Waals surface area (Å²) in [7, 11) is 1.71. The standard InChI is InChI=1S/C16H15Cl2NO2/c1-11-6-7-13(21-11)8-9-15(20)19(2)10-12-4-3-5-14(17)16(12)18/h3-9H,10H2,1-2H3/b9-8+. The second-order valence-corrected chi connectivity index (χ2v) is 5.47. The molecule has 0 aliphatic heterocycles. The summed E-state index contributed by atoms with van der Waals surface area (Å²) in [6.45, 7) is 2.24. The first-order valence-electron chi connectivity index (χ1n) is 6.40. The number of carbonyl (C=O) groups excluding carboxylic acids is 1. The zero-order valence-corrected chi connectivity index (χ0v) is 13.3. The second-order valence-electron chi connectivity index (χ2n) is 4.69. The van der Waals surface area contributed by atoms with Gasteiger partial charge in [-0.2, -0.15) is 0 Å². The van der Waals surface area contributed by atoms with E-state index in [1.807, 2.05) is 31.2 Å².